The zero-order valence-electron chi connectivity index (χ0n) is 16.3. The van der Waals surface area contributed by atoms with Crippen molar-refractivity contribution in [2.75, 3.05) is 20.8 Å². The number of benzene rings is 2. The zero-order chi connectivity index (χ0) is 19.4. The van der Waals surface area contributed by atoms with Crippen molar-refractivity contribution < 1.29 is 14.3 Å². The first kappa shape index (κ1) is 18.8. The minimum atomic E-state index is -0.00380. The summed E-state index contributed by atoms with van der Waals surface area (Å²) < 4.78 is 10.5. The molecule has 3 rings (SSSR count). The van der Waals surface area contributed by atoms with Crippen LogP contribution in [0.15, 0.2) is 36.4 Å². The molecule has 5 heteroatoms. The highest BCUT2D eigenvalue weighted by molar-refractivity contribution is 5.85. The van der Waals surface area contributed by atoms with Crippen molar-refractivity contribution in [3.05, 3.63) is 58.8 Å². The predicted octanol–water partition coefficient (Wildman–Crippen LogP) is 3.70. The fraction of sp³-hybridized carbons (Fsp3) is 0.318. The molecule has 0 saturated heterocycles. The molecule has 0 atom stereocenters. The van der Waals surface area contributed by atoms with Crippen molar-refractivity contribution in [3.8, 4) is 11.5 Å². The Hall–Kier alpha value is -2.95. The van der Waals surface area contributed by atoms with Gasteiger partial charge in [0.15, 0.2) is 11.5 Å². The normalized spacial score (nSPS) is 10.8. The lowest BCUT2D eigenvalue weighted by molar-refractivity contribution is -0.120. The molecule has 27 heavy (non-hydrogen) atoms. The van der Waals surface area contributed by atoms with Crippen molar-refractivity contribution in [3.63, 3.8) is 0 Å². The van der Waals surface area contributed by atoms with Crippen LogP contribution in [0.4, 0.5) is 0 Å². The van der Waals surface area contributed by atoms with Gasteiger partial charge in [0.2, 0.25) is 5.91 Å². The van der Waals surface area contributed by atoms with Crippen LogP contribution in [0.2, 0.25) is 0 Å². The summed E-state index contributed by atoms with van der Waals surface area (Å²) in [6.07, 6.45) is 1.11. The maximum absolute atomic E-state index is 12.3. The molecule has 0 aliphatic carbocycles. The summed E-state index contributed by atoms with van der Waals surface area (Å²) in [7, 11) is 3.19. The van der Waals surface area contributed by atoms with E-state index in [0.717, 1.165) is 23.2 Å². The average Bonchev–Trinajstić information content (AvgIpc) is 2.96. The van der Waals surface area contributed by atoms with E-state index in [9.17, 15) is 4.79 Å². The topological polar surface area (TPSA) is 63.3 Å². The Morgan fingerprint density at radius 1 is 1.04 bits per heavy atom. The SMILES string of the molecule is COc1ccc(CC(=O)NCCc2c(C)[nH]c3ccc(C)cc23)cc1OC. The monoisotopic (exact) mass is 366 g/mol. The van der Waals surface area contributed by atoms with Gasteiger partial charge in [0, 0.05) is 23.1 Å². The molecule has 0 bridgehead atoms. The number of nitrogens with one attached hydrogen (secondary N) is 2. The van der Waals surface area contributed by atoms with Gasteiger partial charge in [-0.25, -0.2) is 0 Å². The maximum Gasteiger partial charge on any atom is 0.224 e. The summed E-state index contributed by atoms with van der Waals surface area (Å²) in [5.41, 5.74) is 5.69. The second-order valence-corrected chi connectivity index (χ2v) is 6.74. The second-order valence-electron chi connectivity index (χ2n) is 6.74. The molecule has 0 saturated carbocycles. The highest BCUT2D eigenvalue weighted by Crippen LogP contribution is 2.27. The fourth-order valence-electron chi connectivity index (χ4n) is 3.38. The van der Waals surface area contributed by atoms with E-state index in [2.05, 4.69) is 42.3 Å². The second kappa shape index (κ2) is 8.16. The number of aryl methyl sites for hydroxylation is 2. The summed E-state index contributed by atoms with van der Waals surface area (Å²) in [4.78, 5) is 15.7. The summed E-state index contributed by atoms with van der Waals surface area (Å²) in [6.45, 7) is 4.78. The van der Waals surface area contributed by atoms with Crippen LogP contribution >= 0.6 is 0 Å². The molecule has 1 heterocycles. The Morgan fingerprint density at radius 3 is 2.56 bits per heavy atom. The molecule has 0 spiro atoms. The lowest BCUT2D eigenvalue weighted by atomic mass is 10.1. The number of carbonyl (C=O) groups excluding carboxylic acids is 1. The van der Waals surface area contributed by atoms with Crippen LogP contribution in [0.5, 0.6) is 11.5 Å². The van der Waals surface area contributed by atoms with Crippen LogP contribution in [-0.4, -0.2) is 31.7 Å². The van der Waals surface area contributed by atoms with Crippen LogP contribution in [0, 0.1) is 13.8 Å². The van der Waals surface area contributed by atoms with Gasteiger partial charge in [-0.2, -0.15) is 0 Å². The third-order valence-electron chi connectivity index (χ3n) is 4.78. The molecule has 1 aromatic heterocycles. The lowest BCUT2D eigenvalue weighted by Gasteiger charge is -2.10. The summed E-state index contributed by atoms with van der Waals surface area (Å²) >= 11 is 0. The first-order valence-corrected chi connectivity index (χ1v) is 9.07. The van der Waals surface area contributed by atoms with Crippen LogP contribution in [0.1, 0.15) is 22.4 Å². The molecule has 1 amide bonds. The molecule has 0 aliphatic heterocycles. The Kier molecular flexibility index (Phi) is 5.69. The minimum Gasteiger partial charge on any atom is -0.493 e. The molecule has 0 unspecified atom stereocenters. The maximum atomic E-state index is 12.3. The van der Waals surface area contributed by atoms with Gasteiger partial charge in [0.1, 0.15) is 0 Å². The first-order chi connectivity index (χ1) is 13.0. The van der Waals surface area contributed by atoms with Gasteiger partial charge in [-0.15, -0.1) is 0 Å². The molecular formula is C22H26N2O3. The van der Waals surface area contributed by atoms with E-state index in [-0.39, 0.29) is 5.91 Å². The minimum absolute atomic E-state index is 0.00380. The molecule has 0 radical (unpaired) electrons. The van der Waals surface area contributed by atoms with Crippen molar-refractivity contribution in [2.45, 2.75) is 26.7 Å². The highest BCUT2D eigenvalue weighted by atomic mass is 16.5. The number of ether oxygens (including phenoxy) is 2. The molecule has 2 N–H and O–H groups in total. The smallest absolute Gasteiger partial charge is 0.224 e. The number of carbonyl (C=O) groups is 1. The van der Waals surface area contributed by atoms with Gasteiger partial charge in [0.05, 0.1) is 20.6 Å². The van der Waals surface area contributed by atoms with Gasteiger partial charge in [-0.3, -0.25) is 4.79 Å². The summed E-state index contributed by atoms with van der Waals surface area (Å²) in [5, 5.41) is 4.25. The van der Waals surface area contributed by atoms with E-state index in [1.807, 2.05) is 18.2 Å². The molecular weight excluding hydrogens is 340 g/mol. The number of H-pyrrole nitrogens is 1. The summed E-state index contributed by atoms with van der Waals surface area (Å²) in [5.74, 6) is 1.29. The van der Waals surface area contributed by atoms with Crippen molar-refractivity contribution in [1.29, 1.82) is 0 Å². The van der Waals surface area contributed by atoms with E-state index in [1.54, 1.807) is 14.2 Å². The van der Waals surface area contributed by atoms with Crippen LogP contribution < -0.4 is 14.8 Å². The average molecular weight is 366 g/mol. The number of hydrogen-bond acceptors (Lipinski definition) is 3. The van der Waals surface area contributed by atoms with E-state index >= 15 is 0 Å². The van der Waals surface area contributed by atoms with E-state index in [0.29, 0.717) is 24.5 Å². The van der Waals surface area contributed by atoms with Gasteiger partial charge in [-0.1, -0.05) is 17.7 Å². The quantitative estimate of drug-likeness (QED) is 0.670. The Labute approximate surface area is 159 Å². The third-order valence-corrected chi connectivity index (χ3v) is 4.78. The van der Waals surface area contributed by atoms with Gasteiger partial charge in [0.25, 0.3) is 0 Å². The van der Waals surface area contributed by atoms with E-state index in [4.69, 9.17) is 9.47 Å². The van der Waals surface area contributed by atoms with E-state index < -0.39 is 0 Å². The third kappa shape index (κ3) is 4.25. The molecule has 5 nitrogen and oxygen atoms in total. The van der Waals surface area contributed by atoms with Crippen LogP contribution in [0.25, 0.3) is 10.9 Å². The van der Waals surface area contributed by atoms with E-state index in [1.165, 1.54) is 16.5 Å². The Morgan fingerprint density at radius 2 is 1.81 bits per heavy atom. The lowest BCUT2D eigenvalue weighted by Crippen LogP contribution is -2.27. The number of aromatic amines is 1. The number of rotatable bonds is 7. The van der Waals surface area contributed by atoms with Gasteiger partial charge < -0.3 is 19.8 Å². The van der Waals surface area contributed by atoms with Crippen molar-refractivity contribution in [1.82, 2.24) is 10.3 Å². The number of fused-ring (bicyclic) bond motifs is 1. The molecule has 0 aliphatic rings. The number of aromatic nitrogens is 1. The molecule has 3 aromatic rings. The standard InChI is InChI=1S/C22H26N2O3/c1-14-5-7-19-18(11-14)17(15(2)24-19)9-10-23-22(25)13-16-6-8-20(26-3)21(12-16)27-4/h5-8,11-12,24H,9-10,13H2,1-4H3,(H,23,25). The predicted molar refractivity (Wildman–Crippen MR) is 108 cm³/mol. The number of amides is 1. The zero-order valence-corrected chi connectivity index (χ0v) is 16.3. The van der Waals surface area contributed by atoms with Crippen molar-refractivity contribution >= 4 is 16.8 Å². The van der Waals surface area contributed by atoms with Gasteiger partial charge in [-0.05, 0) is 55.7 Å². The fourth-order valence-corrected chi connectivity index (χ4v) is 3.38. The van der Waals surface area contributed by atoms with Crippen molar-refractivity contribution in [2.24, 2.45) is 0 Å². The molecule has 142 valence electrons. The van der Waals surface area contributed by atoms with Crippen LogP contribution in [0.3, 0.4) is 0 Å². The molecule has 2 aromatic carbocycles. The first-order valence-electron chi connectivity index (χ1n) is 9.07. The number of methoxy groups -OCH3 is 2. The molecule has 0 fully saturated rings. The Balaban J connectivity index is 1.60. The Bertz CT molecular complexity index is 960. The van der Waals surface area contributed by atoms with Gasteiger partial charge >= 0.3 is 0 Å². The summed E-state index contributed by atoms with van der Waals surface area (Å²) in [6, 6.07) is 11.9. The van der Waals surface area contributed by atoms with Crippen LogP contribution in [-0.2, 0) is 17.6 Å². The largest absolute Gasteiger partial charge is 0.493 e. The number of hydrogen-bond donors (Lipinski definition) is 2. The highest BCUT2D eigenvalue weighted by Gasteiger charge is 2.11.